The van der Waals surface area contributed by atoms with Gasteiger partial charge in [-0.2, -0.15) is 0 Å². The molecule has 0 radical (unpaired) electrons. The van der Waals surface area contributed by atoms with Crippen molar-refractivity contribution in [2.24, 2.45) is 0 Å². The number of carbonyl (C=O) groups is 1. The zero-order valence-electron chi connectivity index (χ0n) is 13.5. The molecule has 0 fully saturated rings. The highest BCUT2D eigenvalue weighted by molar-refractivity contribution is 5.95. The number of benzene rings is 1. The highest BCUT2D eigenvalue weighted by atomic mass is 16.4. The number of para-hydroxylation sites is 1. The largest absolute Gasteiger partial charge is 0.478 e. The Labute approximate surface area is 128 Å². The summed E-state index contributed by atoms with van der Waals surface area (Å²) >= 11 is 0. The minimum atomic E-state index is -0.864. The molecule has 0 atom stereocenters. The number of aromatic carboxylic acids is 1. The normalized spacial score (nSPS) is 10.6. The molecule has 0 saturated heterocycles. The lowest BCUT2D eigenvalue weighted by Crippen LogP contribution is -2.09. The van der Waals surface area contributed by atoms with Crippen LogP contribution in [0.3, 0.4) is 0 Å². The van der Waals surface area contributed by atoms with E-state index in [0.717, 1.165) is 24.2 Å². The van der Waals surface area contributed by atoms with Crippen molar-refractivity contribution in [1.82, 2.24) is 0 Å². The van der Waals surface area contributed by atoms with Gasteiger partial charge in [0, 0.05) is 6.54 Å². The molecule has 21 heavy (non-hydrogen) atoms. The SMILES string of the molecule is CCCCCCCCCCNc1c(C)cccc1C(=O)O. The van der Waals surface area contributed by atoms with Crippen molar-refractivity contribution in [1.29, 1.82) is 0 Å². The van der Waals surface area contributed by atoms with Gasteiger partial charge in [0.1, 0.15) is 0 Å². The summed E-state index contributed by atoms with van der Waals surface area (Å²) in [4.78, 5) is 11.2. The molecule has 1 aromatic carbocycles. The summed E-state index contributed by atoms with van der Waals surface area (Å²) in [6, 6.07) is 5.40. The predicted molar refractivity (Wildman–Crippen MR) is 89.2 cm³/mol. The Bertz CT molecular complexity index is 429. The van der Waals surface area contributed by atoms with Crippen molar-refractivity contribution in [2.75, 3.05) is 11.9 Å². The number of unbranched alkanes of at least 4 members (excludes halogenated alkanes) is 7. The highest BCUT2D eigenvalue weighted by Gasteiger charge is 2.10. The summed E-state index contributed by atoms with van der Waals surface area (Å²) in [6.45, 7) is 5.03. The van der Waals surface area contributed by atoms with Crippen LogP contribution in [0.15, 0.2) is 18.2 Å². The standard InChI is InChI=1S/C18H29NO2/c1-3-4-5-6-7-8-9-10-14-19-17-15(2)12-11-13-16(17)18(20)21/h11-13,19H,3-10,14H2,1-2H3,(H,20,21). The Morgan fingerprint density at radius 1 is 1.05 bits per heavy atom. The first-order valence-corrected chi connectivity index (χ1v) is 8.23. The second kappa shape index (κ2) is 10.3. The van der Waals surface area contributed by atoms with Gasteiger partial charge in [-0.05, 0) is 25.0 Å². The first-order chi connectivity index (χ1) is 10.2. The second-order valence-corrected chi connectivity index (χ2v) is 5.70. The van der Waals surface area contributed by atoms with Crippen LogP contribution in [0.5, 0.6) is 0 Å². The number of hydrogen-bond donors (Lipinski definition) is 2. The Morgan fingerprint density at radius 2 is 1.67 bits per heavy atom. The van der Waals surface area contributed by atoms with Crippen LogP contribution in [0, 0.1) is 6.92 Å². The minimum absolute atomic E-state index is 0.370. The number of aryl methyl sites for hydroxylation is 1. The van der Waals surface area contributed by atoms with E-state index >= 15 is 0 Å². The molecule has 1 aromatic rings. The molecule has 3 heteroatoms. The Morgan fingerprint density at radius 3 is 2.29 bits per heavy atom. The van der Waals surface area contributed by atoms with E-state index in [2.05, 4.69) is 12.2 Å². The lowest BCUT2D eigenvalue weighted by molar-refractivity contribution is 0.0698. The van der Waals surface area contributed by atoms with Gasteiger partial charge in [0.05, 0.1) is 11.3 Å². The summed E-state index contributed by atoms with van der Waals surface area (Å²) in [5.74, 6) is -0.864. The van der Waals surface area contributed by atoms with E-state index in [0.29, 0.717) is 5.56 Å². The van der Waals surface area contributed by atoms with Crippen LogP contribution in [0.4, 0.5) is 5.69 Å². The van der Waals surface area contributed by atoms with Crippen LogP contribution in [-0.2, 0) is 0 Å². The van der Waals surface area contributed by atoms with Crippen molar-refractivity contribution < 1.29 is 9.90 Å². The van der Waals surface area contributed by atoms with Gasteiger partial charge in [0.2, 0.25) is 0 Å². The highest BCUT2D eigenvalue weighted by Crippen LogP contribution is 2.20. The Hall–Kier alpha value is -1.51. The third-order valence-corrected chi connectivity index (χ3v) is 3.84. The molecule has 0 heterocycles. The van der Waals surface area contributed by atoms with Crippen molar-refractivity contribution in [3.8, 4) is 0 Å². The van der Waals surface area contributed by atoms with Crippen LogP contribution in [-0.4, -0.2) is 17.6 Å². The molecule has 0 aromatic heterocycles. The summed E-state index contributed by atoms with van der Waals surface area (Å²) in [6.07, 6.45) is 10.3. The summed E-state index contributed by atoms with van der Waals surface area (Å²) in [5.41, 5.74) is 2.14. The van der Waals surface area contributed by atoms with Gasteiger partial charge in [-0.1, -0.05) is 64.0 Å². The van der Waals surface area contributed by atoms with E-state index < -0.39 is 5.97 Å². The molecule has 2 N–H and O–H groups in total. The number of carboxylic acids is 1. The molecule has 0 aliphatic heterocycles. The fourth-order valence-electron chi connectivity index (χ4n) is 2.55. The predicted octanol–water partition coefficient (Wildman–Crippen LogP) is 5.25. The van der Waals surface area contributed by atoms with Crippen molar-refractivity contribution in [3.63, 3.8) is 0 Å². The quantitative estimate of drug-likeness (QED) is 0.548. The summed E-state index contributed by atoms with van der Waals surface area (Å²) < 4.78 is 0. The lowest BCUT2D eigenvalue weighted by Gasteiger charge is -2.12. The third kappa shape index (κ3) is 6.65. The monoisotopic (exact) mass is 291 g/mol. The Kier molecular flexibility index (Phi) is 8.56. The fraction of sp³-hybridized carbons (Fsp3) is 0.611. The van der Waals surface area contributed by atoms with Crippen LogP contribution in [0.25, 0.3) is 0 Å². The van der Waals surface area contributed by atoms with Gasteiger partial charge in [-0.25, -0.2) is 4.79 Å². The van der Waals surface area contributed by atoms with Crippen LogP contribution >= 0.6 is 0 Å². The van der Waals surface area contributed by atoms with Crippen LogP contribution in [0.2, 0.25) is 0 Å². The number of hydrogen-bond acceptors (Lipinski definition) is 2. The molecule has 0 aliphatic rings. The van der Waals surface area contributed by atoms with Crippen LogP contribution in [0.1, 0.15) is 74.2 Å². The summed E-state index contributed by atoms with van der Waals surface area (Å²) in [7, 11) is 0. The summed E-state index contributed by atoms with van der Waals surface area (Å²) in [5, 5.41) is 12.5. The maximum absolute atomic E-state index is 11.2. The average Bonchev–Trinajstić information content (AvgIpc) is 2.46. The zero-order valence-corrected chi connectivity index (χ0v) is 13.5. The van der Waals surface area contributed by atoms with Gasteiger partial charge in [0.15, 0.2) is 0 Å². The van der Waals surface area contributed by atoms with Crippen molar-refractivity contribution in [3.05, 3.63) is 29.3 Å². The maximum Gasteiger partial charge on any atom is 0.337 e. The van der Waals surface area contributed by atoms with Gasteiger partial charge >= 0.3 is 5.97 Å². The molecule has 0 unspecified atom stereocenters. The molecule has 3 nitrogen and oxygen atoms in total. The Balaban J connectivity index is 2.23. The molecule has 0 saturated carbocycles. The van der Waals surface area contributed by atoms with Gasteiger partial charge < -0.3 is 10.4 Å². The van der Waals surface area contributed by atoms with Gasteiger partial charge in [0.25, 0.3) is 0 Å². The molecule has 1 rings (SSSR count). The van der Waals surface area contributed by atoms with E-state index in [9.17, 15) is 9.90 Å². The van der Waals surface area contributed by atoms with E-state index in [1.54, 1.807) is 12.1 Å². The van der Waals surface area contributed by atoms with E-state index in [1.807, 2.05) is 13.0 Å². The topological polar surface area (TPSA) is 49.3 Å². The van der Waals surface area contributed by atoms with E-state index in [-0.39, 0.29) is 0 Å². The lowest BCUT2D eigenvalue weighted by atomic mass is 10.1. The van der Waals surface area contributed by atoms with Crippen LogP contribution < -0.4 is 5.32 Å². The first-order valence-electron chi connectivity index (χ1n) is 8.23. The molecule has 118 valence electrons. The zero-order chi connectivity index (χ0) is 15.5. The fourth-order valence-corrected chi connectivity index (χ4v) is 2.55. The van der Waals surface area contributed by atoms with Gasteiger partial charge in [-0.3, -0.25) is 0 Å². The number of carboxylic acid groups (broad SMARTS) is 1. The molecule has 0 bridgehead atoms. The third-order valence-electron chi connectivity index (χ3n) is 3.84. The van der Waals surface area contributed by atoms with Crippen molar-refractivity contribution >= 4 is 11.7 Å². The van der Waals surface area contributed by atoms with E-state index in [4.69, 9.17) is 0 Å². The van der Waals surface area contributed by atoms with Crippen molar-refractivity contribution in [2.45, 2.75) is 65.2 Å². The first kappa shape index (κ1) is 17.5. The smallest absolute Gasteiger partial charge is 0.337 e. The molecule has 0 spiro atoms. The minimum Gasteiger partial charge on any atom is -0.478 e. The average molecular weight is 291 g/mol. The number of nitrogens with one attached hydrogen (secondary N) is 1. The number of anilines is 1. The molecular weight excluding hydrogens is 262 g/mol. The molecule has 0 amide bonds. The number of rotatable bonds is 11. The molecule has 0 aliphatic carbocycles. The second-order valence-electron chi connectivity index (χ2n) is 5.70. The van der Waals surface area contributed by atoms with E-state index in [1.165, 1.54) is 44.9 Å². The molecular formula is C18H29NO2. The maximum atomic E-state index is 11.2. The van der Waals surface area contributed by atoms with Gasteiger partial charge in [-0.15, -0.1) is 0 Å².